The molecule has 30 heavy (non-hydrogen) atoms. The second kappa shape index (κ2) is 11.1. The van der Waals surface area contributed by atoms with Crippen molar-refractivity contribution >= 4 is 17.7 Å². The van der Waals surface area contributed by atoms with E-state index in [1.807, 2.05) is 42.5 Å². The van der Waals surface area contributed by atoms with Crippen LogP contribution in [0.4, 0.5) is 0 Å². The van der Waals surface area contributed by atoms with Gasteiger partial charge in [0.2, 0.25) is 17.7 Å². The van der Waals surface area contributed by atoms with E-state index >= 15 is 0 Å². The van der Waals surface area contributed by atoms with Crippen LogP contribution in [0.15, 0.2) is 54.9 Å². The fourth-order valence-electron chi connectivity index (χ4n) is 3.54. The Kier molecular flexibility index (Phi) is 7.94. The molecule has 158 valence electrons. The topological polar surface area (TPSA) is 91.4 Å². The Bertz CT molecular complexity index is 842. The monoisotopic (exact) mass is 408 g/mol. The second-order valence-electron chi connectivity index (χ2n) is 7.52. The number of carbonyl (C=O) groups is 3. The number of piperidine rings is 1. The van der Waals surface area contributed by atoms with Crippen LogP contribution < -0.4 is 10.6 Å². The zero-order chi connectivity index (χ0) is 21.2. The molecule has 1 aromatic carbocycles. The van der Waals surface area contributed by atoms with Crippen LogP contribution in [0.25, 0.3) is 0 Å². The minimum absolute atomic E-state index is 0.0495. The summed E-state index contributed by atoms with van der Waals surface area (Å²) in [5, 5.41) is 5.65. The molecule has 0 aliphatic carbocycles. The highest BCUT2D eigenvalue weighted by atomic mass is 16.2. The normalized spacial score (nSPS) is 16.0. The molecule has 0 spiro atoms. The average Bonchev–Trinajstić information content (AvgIpc) is 2.79. The molecule has 7 nitrogen and oxygen atoms in total. The van der Waals surface area contributed by atoms with Crippen LogP contribution >= 0.6 is 0 Å². The number of benzene rings is 1. The number of nitrogens with one attached hydrogen (secondary N) is 2. The molecule has 1 aromatic heterocycles. The smallest absolute Gasteiger partial charge is 0.227 e. The first kappa shape index (κ1) is 21.5. The fraction of sp³-hybridized carbons (Fsp3) is 0.391. The van der Waals surface area contributed by atoms with Gasteiger partial charge in [-0.25, -0.2) is 0 Å². The van der Waals surface area contributed by atoms with Gasteiger partial charge in [0, 0.05) is 45.0 Å². The molecule has 1 aliphatic heterocycles. The predicted octanol–water partition coefficient (Wildman–Crippen LogP) is 1.69. The molecule has 0 radical (unpaired) electrons. The molecule has 7 heteroatoms. The summed E-state index contributed by atoms with van der Waals surface area (Å²) in [7, 11) is 0. The SMILES string of the molecule is O=C(CCNC(=O)C1CCCN(C(=O)Cc2ccccc2)C1)NCc1cccnc1. The van der Waals surface area contributed by atoms with Gasteiger partial charge in [0.1, 0.15) is 0 Å². The van der Waals surface area contributed by atoms with Gasteiger partial charge in [-0.3, -0.25) is 19.4 Å². The molecular formula is C23H28N4O3. The molecule has 1 aliphatic rings. The molecule has 1 unspecified atom stereocenters. The predicted molar refractivity (Wildman–Crippen MR) is 113 cm³/mol. The maximum atomic E-state index is 12.6. The molecule has 1 fully saturated rings. The van der Waals surface area contributed by atoms with Gasteiger partial charge in [-0.15, -0.1) is 0 Å². The van der Waals surface area contributed by atoms with Gasteiger partial charge in [-0.05, 0) is 30.0 Å². The molecule has 1 atom stereocenters. The molecule has 3 rings (SSSR count). The van der Waals surface area contributed by atoms with Gasteiger partial charge in [-0.1, -0.05) is 36.4 Å². The third-order valence-electron chi connectivity index (χ3n) is 5.21. The highest BCUT2D eigenvalue weighted by Crippen LogP contribution is 2.18. The van der Waals surface area contributed by atoms with Crippen molar-refractivity contribution in [3.05, 3.63) is 66.0 Å². The number of carbonyl (C=O) groups excluding carboxylic acids is 3. The van der Waals surface area contributed by atoms with Gasteiger partial charge < -0.3 is 15.5 Å². The lowest BCUT2D eigenvalue weighted by atomic mass is 9.96. The first-order valence-corrected chi connectivity index (χ1v) is 10.4. The number of hydrogen-bond donors (Lipinski definition) is 2. The van der Waals surface area contributed by atoms with E-state index in [0.717, 1.165) is 24.0 Å². The lowest BCUT2D eigenvalue weighted by molar-refractivity contribution is -0.135. The number of hydrogen-bond acceptors (Lipinski definition) is 4. The summed E-state index contributed by atoms with van der Waals surface area (Å²) in [6.45, 7) is 1.82. The van der Waals surface area contributed by atoms with E-state index in [4.69, 9.17) is 0 Å². The van der Waals surface area contributed by atoms with E-state index in [1.54, 1.807) is 17.3 Å². The van der Waals surface area contributed by atoms with E-state index in [-0.39, 0.29) is 36.6 Å². The third kappa shape index (κ3) is 6.69. The molecule has 2 N–H and O–H groups in total. The van der Waals surface area contributed by atoms with Gasteiger partial charge in [-0.2, -0.15) is 0 Å². The minimum Gasteiger partial charge on any atom is -0.355 e. The van der Waals surface area contributed by atoms with Crippen LogP contribution in [0, 0.1) is 5.92 Å². The number of likely N-dealkylation sites (tertiary alicyclic amines) is 1. The van der Waals surface area contributed by atoms with Gasteiger partial charge in [0.25, 0.3) is 0 Å². The first-order valence-electron chi connectivity index (χ1n) is 10.4. The Labute approximate surface area is 176 Å². The van der Waals surface area contributed by atoms with Crippen LogP contribution in [0.5, 0.6) is 0 Å². The quantitative estimate of drug-likeness (QED) is 0.695. The van der Waals surface area contributed by atoms with Crippen molar-refractivity contribution < 1.29 is 14.4 Å². The minimum atomic E-state index is -0.225. The molecule has 2 heterocycles. The highest BCUT2D eigenvalue weighted by molar-refractivity contribution is 5.83. The fourth-order valence-corrected chi connectivity index (χ4v) is 3.54. The maximum Gasteiger partial charge on any atom is 0.227 e. The summed E-state index contributed by atoms with van der Waals surface area (Å²) < 4.78 is 0. The summed E-state index contributed by atoms with van der Waals surface area (Å²) >= 11 is 0. The first-order chi connectivity index (χ1) is 14.6. The zero-order valence-electron chi connectivity index (χ0n) is 17.0. The van der Waals surface area contributed by atoms with Crippen molar-refractivity contribution in [2.24, 2.45) is 5.92 Å². The van der Waals surface area contributed by atoms with Gasteiger partial charge >= 0.3 is 0 Å². The van der Waals surface area contributed by atoms with Crippen molar-refractivity contribution in [3.63, 3.8) is 0 Å². The number of aromatic nitrogens is 1. The molecule has 0 saturated carbocycles. The van der Waals surface area contributed by atoms with Crippen molar-refractivity contribution in [1.82, 2.24) is 20.5 Å². The van der Waals surface area contributed by atoms with Gasteiger partial charge in [0.15, 0.2) is 0 Å². The molecule has 1 saturated heterocycles. The summed E-state index contributed by atoms with van der Waals surface area (Å²) in [5.74, 6) is -0.389. The number of amides is 3. The largest absolute Gasteiger partial charge is 0.355 e. The Balaban J connectivity index is 1.37. The molecule has 3 amide bonds. The maximum absolute atomic E-state index is 12.6. The standard InChI is InChI=1S/C23H28N4O3/c28-21(26-16-19-8-4-11-24-15-19)10-12-25-23(30)20-9-5-13-27(17-20)22(29)14-18-6-2-1-3-7-18/h1-4,6-8,11,15,20H,5,9-10,12-14,16-17H2,(H,25,30)(H,26,28). The van der Waals surface area contributed by atoms with E-state index in [1.165, 1.54) is 0 Å². The van der Waals surface area contributed by atoms with Crippen LogP contribution in [0.1, 0.15) is 30.4 Å². The lowest BCUT2D eigenvalue weighted by Crippen LogP contribution is -2.46. The Morgan fingerprint density at radius 2 is 1.83 bits per heavy atom. The average molecular weight is 409 g/mol. The zero-order valence-corrected chi connectivity index (χ0v) is 17.0. The highest BCUT2D eigenvalue weighted by Gasteiger charge is 2.28. The van der Waals surface area contributed by atoms with E-state index in [2.05, 4.69) is 15.6 Å². The van der Waals surface area contributed by atoms with E-state index < -0.39 is 0 Å². The third-order valence-corrected chi connectivity index (χ3v) is 5.21. The Morgan fingerprint density at radius 1 is 1.03 bits per heavy atom. The second-order valence-corrected chi connectivity index (χ2v) is 7.52. The van der Waals surface area contributed by atoms with Crippen LogP contribution in [-0.4, -0.2) is 47.2 Å². The van der Waals surface area contributed by atoms with Crippen LogP contribution in [-0.2, 0) is 27.3 Å². The molecular weight excluding hydrogens is 380 g/mol. The Morgan fingerprint density at radius 3 is 2.60 bits per heavy atom. The number of rotatable bonds is 8. The summed E-state index contributed by atoms with van der Waals surface area (Å²) in [5.41, 5.74) is 1.91. The van der Waals surface area contributed by atoms with Crippen molar-refractivity contribution in [1.29, 1.82) is 0 Å². The molecule has 2 aromatic rings. The van der Waals surface area contributed by atoms with E-state index in [0.29, 0.717) is 26.1 Å². The lowest BCUT2D eigenvalue weighted by Gasteiger charge is -2.32. The Hall–Kier alpha value is -3.22. The summed E-state index contributed by atoms with van der Waals surface area (Å²) in [6, 6.07) is 13.3. The van der Waals surface area contributed by atoms with Crippen molar-refractivity contribution in [2.75, 3.05) is 19.6 Å². The van der Waals surface area contributed by atoms with Crippen LogP contribution in [0.3, 0.4) is 0 Å². The molecule has 0 bridgehead atoms. The number of nitrogens with zero attached hydrogens (tertiary/aromatic N) is 2. The van der Waals surface area contributed by atoms with Crippen molar-refractivity contribution in [3.8, 4) is 0 Å². The van der Waals surface area contributed by atoms with Gasteiger partial charge in [0.05, 0.1) is 12.3 Å². The summed E-state index contributed by atoms with van der Waals surface area (Å²) in [6.07, 6.45) is 5.53. The van der Waals surface area contributed by atoms with E-state index in [9.17, 15) is 14.4 Å². The van der Waals surface area contributed by atoms with Crippen LogP contribution in [0.2, 0.25) is 0 Å². The number of pyridine rings is 1. The summed E-state index contributed by atoms with van der Waals surface area (Å²) in [4.78, 5) is 42.8. The van der Waals surface area contributed by atoms with Crippen molar-refractivity contribution in [2.45, 2.75) is 32.2 Å².